The van der Waals surface area contributed by atoms with Crippen molar-refractivity contribution in [3.8, 4) is 22.3 Å². The van der Waals surface area contributed by atoms with Gasteiger partial charge < -0.3 is 10.6 Å². The fourth-order valence-electron chi connectivity index (χ4n) is 3.20. The van der Waals surface area contributed by atoms with Gasteiger partial charge in [-0.2, -0.15) is 0 Å². The quantitative estimate of drug-likeness (QED) is 0.379. The molecule has 0 aliphatic carbocycles. The highest BCUT2D eigenvalue weighted by Crippen LogP contribution is 2.29. The van der Waals surface area contributed by atoms with E-state index in [0.29, 0.717) is 5.11 Å². The van der Waals surface area contributed by atoms with Gasteiger partial charge in [0, 0.05) is 22.5 Å². The lowest BCUT2D eigenvalue weighted by Gasteiger charge is -2.16. The summed E-state index contributed by atoms with van der Waals surface area (Å²) >= 11 is 5.61. The van der Waals surface area contributed by atoms with E-state index < -0.39 is 0 Å². The molecule has 2 nitrogen and oxygen atoms in total. The van der Waals surface area contributed by atoms with E-state index in [1.165, 1.54) is 0 Å². The molecule has 0 amide bonds. The molecule has 0 aliphatic rings. The largest absolute Gasteiger partial charge is 0.332 e. The number of thiocarbonyl (C=S) groups is 1. The molecule has 0 saturated heterocycles. The van der Waals surface area contributed by atoms with Crippen molar-refractivity contribution < 1.29 is 0 Å². The molecule has 4 aromatic rings. The molecule has 0 aliphatic heterocycles. The van der Waals surface area contributed by atoms with E-state index in [1.807, 2.05) is 72.8 Å². The van der Waals surface area contributed by atoms with Crippen LogP contribution < -0.4 is 10.6 Å². The molecule has 0 saturated carbocycles. The fourth-order valence-corrected chi connectivity index (χ4v) is 3.42. The summed E-state index contributed by atoms with van der Waals surface area (Å²) in [5.74, 6) is 0. The molecule has 0 atom stereocenters. The maximum Gasteiger partial charge on any atom is 0.175 e. The summed E-state index contributed by atoms with van der Waals surface area (Å²) in [5, 5.41) is 7.27. The first-order valence-electron chi connectivity index (χ1n) is 9.18. The van der Waals surface area contributed by atoms with E-state index in [0.717, 1.165) is 33.6 Å². The van der Waals surface area contributed by atoms with Gasteiger partial charge in [-0.15, -0.1) is 0 Å². The second kappa shape index (κ2) is 8.51. The molecule has 0 aromatic heterocycles. The second-order valence-electron chi connectivity index (χ2n) is 6.40. The topological polar surface area (TPSA) is 24.1 Å². The average Bonchev–Trinajstić information content (AvgIpc) is 2.76. The Morgan fingerprint density at radius 3 is 1.25 bits per heavy atom. The Bertz CT molecular complexity index is 989. The van der Waals surface area contributed by atoms with Gasteiger partial charge in [-0.25, -0.2) is 0 Å². The van der Waals surface area contributed by atoms with Gasteiger partial charge in [0.15, 0.2) is 5.11 Å². The Morgan fingerprint density at radius 2 is 0.821 bits per heavy atom. The van der Waals surface area contributed by atoms with Crippen molar-refractivity contribution in [2.45, 2.75) is 0 Å². The number of hydrogen-bond acceptors (Lipinski definition) is 1. The molecular formula is C25H20N2S. The van der Waals surface area contributed by atoms with E-state index in [-0.39, 0.29) is 0 Å². The molecular weight excluding hydrogens is 360 g/mol. The highest BCUT2D eigenvalue weighted by atomic mass is 32.1. The third kappa shape index (κ3) is 4.11. The van der Waals surface area contributed by atoms with E-state index >= 15 is 0 Å². The van der Waals surface area contributed by atoms with Crippen molar-refractivity contribution in [3.63, 3.8) is 0 Å². The summed E-state index contributed by atoms with van der Waals surface area (Å²) in [6, 6.07) is 37.0. The Morgan fingerprint density at radius 1 is 0.464 bits per heavy atom. The zero-order chi connectivity index (χ0) is 19.2. The molecule has 0 heterocycles. The summed E-state index contributed by atoms with van der Waals surface area (Å²) in [7, 11) is 0. The predicted molar refractivity (Wildman–Crippen MR) is 124 cm³/mol. The number of nitrogens with one attached hydrogen (secondary N) is 2. The van der Waals surface area contributed by atoms with Gasteiger partial charge >= 0.3 is 0 Å². The van der Waals surface area contributed by atoms with Crippen LogP contribution in [0.2, 0.25) is 0 Å². The van der Waals surface area contributed by atoms with E-state index in [9.17, 15) is 0 Å². The smallest absolute Gasteiger partial charge is 0.175 e. The van der Waals surface area contributed by atoms with Crippen LogP contribution in [0.5, 0.6) is 0 Å². The number of para-hydroxylation sites is 2. The predicted octanol–water partition coefficient (Wildman–Crippen LogP) is 6.83. The third-order valence-electron chi connectivity index (χ3n) is 4.52. The number of rotatable bonds is 4. The van der Waals surface area contributed by atoms with Crippen molar-refractivity contribution in [3.05, 3.63) is 109 Å². The van der Waals surface area contributed by atoms with Crippen LogP contribution in [-0.4, -0.2) is 5.11 Å². The van der Waals surface area contributed by atoms with Gasteiger partial charge in [0.2, 0.25) is 0 Å². The number of benzene rings is 4. The van der Waals surface area contributed by atoms with Crippen LogP contribution in [-0.2, 0) is 0 Å². The SMILES string of the molecule is S=C(Nc1ccccc1-c1ccccc1)Nc1ccccc1-c1ccccc1. The van der Waals surface area contributed by atoms with Crippen LogP contribution in [0.25, 0.3) is 22.3 Å². The molecule has 0 spiro atoms. The summed E-state index contributed by atoms with van der Waals surface area (Å²) in [6.45, 7) is 0. The van der Waals surface area contributed by atoms with Gasteiger partial charge in [0.1, 0.15) is 0 Å². The van der Waals surface area contributed by atoms with Gasteiger partial charge in [-0.1, -0.05) is 97.1 Å². The van der Waals surface area contributed by atoms with Crippen LogP contribution in [0.1, 0.15) is 0 Å². The lowest BCUT2D eigenvalue weighted by molar-refractivity contribution is 1.56. The molecule has 4 rings (SSSR count). The van der Waals surface area contributed by atoms with Crippen LogP contribution in [0.4, 0.5) is 11.4 Å². The van der Waals surface area contributed by atoms with Gasteiger partial charge in [0.05, 0.1) is 0 Å². The summed E-state index contributed by atoms with van der Waals surface area (Å²) < 4.78 is 0. The Balaban J connectivity index is 1.58. The molecule has 0 fully saturated rings. The normalized spacial score (nSPS) is 10.3. The molecule has 3 heteroatoms. The first kappa shape index (κ1) is 18.0. The van der Waals surface area contributed by atoms with Crippen molar-refractivity contribution >= 4 is 28.7 Å². The van der Waals surface area contributed by atoms with Crippen LogP contribution in [0.3, 0.4) is 0 Å². The first-order chi connectivity index (χ1) is 13.8. The summed E-state index contributed by atoms with van der Waals surface area (Å²) in [4.78, 5) is 0. The van der Waals surface area contributed by atoms with Crippen LogP contribution in [0.15, 0.2) is 109 Å². The fraction of sp³-hybridized carbons (Fsp3) is 0. The lowest BCUT2D eigenvalue weighted by atomic mass is 10.0. The molecule has 136 valence electrons. The van der Waals surface area contributed by atoms with E-state index in [1.54, 1.807) is 0 Å². The minimum absolute atomic E-state index is 0.562. The first-order valence-corrected chi connectivity index (χ1v) is 9.59. The average molecular weight is 381 g/mol. The molecule has 28 heavy (non-hydrogen) atoms. The highest BCUT2D eigenvalue weighted by molar-refractivity contribution is 7.80. The number of hydrogen-bond donors (Lipinski definition) is 2. The highest BCUT2D eigenvalue weighted by Gasteiger charge is 2.09. The second-order valence-corrected chi connectivity index (χ2v) is 6.81. The van der Waals surface area contributed by atoms with Gasteiger partial charge in [0.25, 0.3) is 0 Å². The maximum absolute atomic E-state index is 5.61. The third-order valence-corrected chi connectivity index (χ3v) is 4.72. The zero-order valence-corrected chi connectivity index (χ0v) is 16.1. The Labute approximate surface area is 170 Å². The van der Waals surface area contributed by atoms with Crippen LogP contribution >= 0.6 is 12.2 Å². The summed E-state index contributed by atoms with van der Waals surface area (Å²) in [6.07, 6.45) is 0. The molecule has 0 bridgehead atoms. The Kier molecular flexibility index (Phi) is 5.46. The minimum atomic E-state index is 0.562. The standard InChI is InChI=1S/C25H20N2S/c28-25(26-23-17-9-7-15-21(23)19-11-3-1-4-12-19)27-24-18-10-8-16-22(24)20-13-5-2-6-14-20/h1-18H,(H2,26,27,28). The van der Waals surface area contributed by atoms with Crippen molar-refractivity contribution in [1.29, 1.82) is 0 Å². The van der Waals surface area contributed by atoms with Gasteiger partial charge in [-0.3, -0.25) is 0 Å². The summed E-state index contributed by atoms with van der Waals surface area (Å²) in [5.41, 5.74) is 6.48. The van der Waals surface area contributed by atoms with Crippen molar-refractivity contribution in [2.24, 2.45) is 0 Å². The van der Waals surface area contributed by atoms with Gasteiger partial charge in [-0.05, 0) is 35.5 Å². The van der Waals surface area contributed by atoms with Crippen molar-refractivity contribution in [2.75, 3.05) is 10.6 Å². The van der Waals surface area contributed by atoms with E-state index in [2.05, 4.69) is 47.0 Å². The monoisotopic (exact) mass is 380 g/mol. The van der Waals surface area contributed by atoms with Crippen molar-refractivity contribution in [1.82, 2.24) is 0 Å². The molecule has 0 radical (unpaired) electrons. The Hall–Kier alpha value is -3.43. The molecule has 4 aromatic carbocycles. The molecule has 0 unspecified atom stereocenters. The van der Waals surface area contributed by atoms with E-state index in [4.69, 9.17) is 12.2 Å². The number of anilines is 2. The maximum atomic E-state index is 5.61. The minimum Gasteiger partial charge on any atom is -0.332 e. The van der Waals surface area contributed by atoms with Crippen LogP contribution in [0, 0.1) is 0 Å². The zero-order valence-electron chi connectivity index (χ0n) is 15.3. The lowest BCUT2D eigenvalue weighted by Crippen LogP contribution is -2.20. The molecule has 2 N–H and O–H groups in total.